The van der Waals surface area contributed by atoms with Crippen LogP contribution in [0.5, 0.6) is 5.88 Å². The lowest BCUT2D eigenvalue weighted by atomic mass is 10.0. The van der Waals surface area contributed by atoms with E-state index in [1.54, 1.807) is 16.3 Å². The molecule has 0 spiro atoms. The van der Waals surface area contributed by atoms with Gasteiger partial charge in [-0.2, -0.15) is 15.5 Å². The number of nitrogens with zero attached hydrogens (tertiary/aromatic N) is 10. The Morgan fingerprint density at radius 2 is 1.97 bits per heavy atom. The molecule has 5 aromatic heterocycles. The van der Waals surface area contributed by atoms with Gasteiger partial charge in [-0.3, -0.25) is 14.3 Å². The highest BCUT2D eigenvalue weighted by molar-refractivity contribution is 5.86. The van der Waals surface area contributed by atoms with Crippen LogP contribution in [0.2, 0.25) is 0 Å². The van der Waals surface area contributed by atoms with Gasteiger partial charge in [0.15, 0.2) is 5.69 Å². The number of pyridine rings is 2. The van der Waals surface area contributed by atoms with Crippen molar-refractivity contribution in [3.63, 3.8) is 0 Å². The van der Waals surface area contributed by atoms with Crippen molar-refractivity contribution >= 4 is 5.52 Å². The van der Waals surface area contributed by atoms with E-state index in [0.29, 0.717) is 11.4 Å². The summed E-state index contributed by atoms with van der Waals surface area (Å²) in [5, 5.41) is 26.9. The molecular formula is C25H24N10O. The number of rotatable bonds is 6. The molecule has 0 aliphatic carbocycles. The van der Waals surface area contributed by atoms with E-state index in [4.69, 9.17) is 9.84 Å². The third-order valence-corrected chi connectivity index (χ3v) is 6.60. The molecule has 0 N–H and O–H groups in total. The van der Waals surface area contributed by atoms with Crippen LogP contribution < -0.4 is 4.74 Å². The van der Waals surface area contributed by atoms with E-state index in [1.807, 2.05) is 48.8 Å². The Kier molecular flexibility index (Phi) is 5.42. The fourth-order valence-electron chi connectivity index (χ4n) is 4.78. The zero-order chi connectivity index (χ0) is 24.6. The molecule has 1 aliphatic rings. The molecule has 0 radical (unpaired) electrons. The Hall–Kier alpha value is -4.56. The van der Waals surface area contributed by atoms with Crippen LogP contribution in [0.25, 0.3) is 27.8 Å². The number of ether oxygens (including phenoxy) is 1. The van der Waals surface area contributed by atoms with Crippen molar-refractivity contribution in [2.75, 3.05) is 20.2 Å². The predicted octanol–water partition coefficient (Wildman–Crippen LogP) is 2.72. The molecule has 180 valence electrons. The predicted molar refractivity (Wildman–Crippen MR) is 131 cm³/mol. The van der Waals surface area contributed by atoms with E-state index in [9.17, 15) is 5.26 Å². The van der Waals surface area contributed by atoms with Crippen molar-refractivity contribution in [2.24, 2.45) is 7.05 Å². The van der Waals surface area contributed by atoms with Crippen LogP contribution in [-0.4, -0.2) is 64.5 Å². The molecule has 6 rings (SSSR count). The molecule has 0 unspecified atom stereocenters. The third-order valence-electron chi connectivity index (χ3n) is 6.60. The summed E-state index contributed by atoms with van der Waals surface area (Å²) >= 11 is 0. The van der Waals surface area contributed by atoms with Crippen molar-refractivity contribution in [2.45, 2.75) is 19.0 Å². The zero-order valence-corrected chi connectivity index (χ0v) is 20.0. The first-order valence-electron chi connectivity index (χ1n) is 11.7. The van der Waals surface area contributed by atoms with Crippen LogP contribution in [0, 0.1) is 11.3 Å². The molecule has 1 atom stereocenters. The van der Waals surface area contributed by atoms with Crippen LogP contribution in [0.4, 0.5) is 0 Å². The van der Waals surface area contributed by atoms with E-state index >= 15 is 0 Å². The van der Waals surface area contributed by atoms with Crippen molar-refractivity contribution in [1.82, 2.24) is 44.3 Å². The van der Waals surface area contributed by atoms with E-state index in [2.05, 4.69) is 49.7 Å². The molecule has 0 bridgehead atoms. The normalized spacial score (nSPS) is 16.0. The second kappa shape index (κ2) is 8.90. The maximum absolute atomic E-state index is 9.63. The average Bonchev–Trinajstić information content (AvgIpc) is 3.70. The summed E-state index contributed by atoms with van der Waals surface area (Å²) in [6, 6.07) is 8.43. The maximum atomic E-state index is 9.63. The molecule has 0 aromatic carbocycles. The number of hydrogen-bond acceptors (Lipinski definition) is 8. The van der Waals surface area contributed by atoms with E-state index in [1.165, 1.54) is 0 Å². The van der Waals surface area contributed by atoms with Gasteiger partial charge in [-0.15, -0.1) is 5.10 Å². The lowest BCUT2D eigenvalue weighted by Gasteiger charge is -2.16. The van der Waals surface area contributed by atoms with Gasteiger partial charge in [-0.1, -0.05) is 11.3 Å². The summed E-state index contributed by atoms with van der Waals surface area (Å²) in [7, 11) is 3.50. The number of nitriles is 1. The Labute approximate surface area is 207 Å². The molecule has 1 fully saturated rings. The van der Waals surface area contributed by atoms with Gasteiger partial charge in [0.2, 0.25) is 5.88 Å². The second-order valence-electron chi connectivity index (χ2n) is 8.98. The number of hydrogen-bond donors (Lipinski definition) is 0. The third kappa shape index (κ3) is 3.97. The molecule has 5 aromatic rings. The first-order valence-corrected chi connectivity index (χ1v) is 11.7. The Morgan fingerprint density at radius 3 is 2.72 bits per heavy atom. The quantitative estimate of drug-likeness (QED) is 0.364. The minimum atomic E-state index is 0.265. The smallest absolute Gasteiger partial charge is 0.212 e. The highest BCUT2D eigenvalue weighted by atomic mass is 16.5. The fraction of sp³-hybridized carbons (Fsp3) is 0.280. The standard InChI is InChI=1S/C25H24N10O/c1-32-13-19(10-28-32)18-7-22(25-23(8-26)30-31-35(25)14-18)20-11-29-34(15-20)21-5-6-33(16-21)12-17-3-4-24(36-2)27-9-17/h3-4,7,9-11,13-15,21H,5-6,12,16H2,1-2H3/t21-/m0/s1. The van der Waals surface area contributed by atoms with E-state index < -0.39 is 0 Å². The summed E-state index contributed by atoms with van der Waals surface area (Å²) in [5.41, 5.74) is 5.80. The molecular weight excluding hydrogens is 456 g/mol. The molecule has 0 amide bonds. The maximum Gasteiger partial charge on any atom is 0.212 e. The van der Waals surface area contributed by atoms with Gasteiger partial charge < -0.3 is 4.74 Å². The van der Waals surface area contributed by atoms with Crippen molar-refractivity contribution in [3.8, 4) is 34.2 Å². The highest BCUT2D eigenvalue weighted by Crippen LogP contribution is 2.32. The molecule has 36 heavy (non-hydrogen) atoms. The first kappa shape index (κ1) is 21.9. The van der Waals surface area contributed by atoms with Gasteiger partial charge in [-0.25, -0.2) is 9.50 Å². The van der Waals surface area contributed by atoms with Crippen molar-refractivity contribution in [3.05, 3.63) is 66.6 Å². The number of aryl methyl sites for hydroxylation is 1. The second-order valence-corrected chi connectivity index (χ2v) is 8.98. The molecule has 0 saturated carbocycles. The van der Waals surface area contributed by atoms with Gasteiger partial charge in [0.25, 0.3) is 0 Å². The van der Waals surface area contributed by atoms with Gasteiger partial charge in [0.1, 0.15) is 11.6 Å². The minimum Gasteiger partial charge on any atom is -0.481 e. The van der Waals surface area contributed by atoms with Crippen LogP contribution in [0.15, 0.2) is 55.4 Å². The SMILES string of the molecule is COc1ccc(CN2CC[C@H](n3cc(-c4cc(-c5cnn(C)c5)cn5nnc(C#N)c45)cn3)C2)cn1. The molecule has 6 heterocycles. The van der Waals surface area contributed by atoms with Crippen LogP contribution >= 0.6 is 0 Å². The van der Waals surface area contributed by atoms with Gasteiger partial charge >= 0.3 is 0 Å². The molecule has 1 aliphatic heterocycles. The lowest BCUT2D eigenvalue weighted by Crippen LogP contribution is -2.21. The number of fused-ring (bicyclic) bond motifs is 1. The number of methoxy groups -OCH3 is 1. The Morgan fingerprint density at radius 1 is 1.08 bits per heavy atom. The summed E-state index contributed by atoms with van der Waals surface area (Å²) in [4.78, 5) is 6.72. The monoisotopic (exact) mass is 480 g/mol. The summed E-state index contributed by atoms with van der Waals surface area (Å²) in [5.74, 6) is 0.622. The summed E-state index contributed by atoms with van der Waals surface area (Å²) in [6.45, 7) is 2.72. The summed E-state index contributed by atoms with van der Waals surface area (Å²) < 4.78 is 10.6. The molecule has 11 heteroatoms. The molecule has 1 saturated heterocycles. The number of likely N-dealkylation sites (tertiary alicyclic amines) is 1. The van der Waals surface area contributed by atoms with E-state index in [-0.39, 0.29) is 11.7 Å². The molecule has 11 nitrogen and oxygen atoms in total. The zero-order valence-electron chi connectivity index (χ0n) is 20.0. The Bertz CT molecular complexity index is 1570. The fourth-order valence-corrected chi connectivity index (χ4v) is 4.78. The lowest BCUT2D eigenvalue weighted by molar-refractivity contribution is 0.311. The first-order chi connectivity index (χ1) is 17.6. The average molecular weight is 481 g/mol. The van der Waals surface area contributed by atoms with E-state index in [0.717, 1.165) is 53.9 Å². The highest BCUT2D eigenvalue weighted by Gasteiger charge is 2.25. The van der Waals surface area contributed by atoms with Gasteiger partial charge in [0.05, 0.1) is 25.5 Å². The number of aromatic nitrogens is 8. The van der Waals surface area contributed by atoms with Crippen molar-refractivity contribution in [1.29, 1.82) is 5.26 Å². The van der Waals surface area contributed by atoms with Gasteiger partial charge in [-0.05, 0) is 18.1 Å². The topological polar surface area (TPSA) is 115 Å². The summed E-state index contributed by atoms with van der Waals surface area (Å²) in [6.07, 6.45) is 12.4. The largest absolute Gasteiger partial charge is 0.481 e. The minimum absolute atomic E-state index is 0.265. The van der Waals surface area contributed by atoms with Crippen molar-refractivity contribution < 1.29 is 4.74 Å². The Balaban J connectivity index is 1.28. The van der Waals surface area contributed by atoms with Gasteiger partial charge in [0, 0.05) is 79.8 Å². The van der Waals surface area contributed by atoms with Crippen LogP contribution in [-0.2, 0) is 13.6 Å². The van der Waals surface area contributed by atoms with Crippen LogP contribution in [0.1, 0.15) is 23.7 Å². The van der Waals surface area contributed by atoms with Crippen LogP contribution in [0.3, 0.4) is 0 Å².